The molecule has 0 unspecified atom stereocenters. The first-order chi connectivity index (χ1) is 8.45. The summed E-state index contributed by atoms with van der Waals surface area (Å²) < 4.78 is 18.2. The first-order valence-corrected chi connectivity index (χ1v) is 5.85. The molecule has 2 rings (SSSR count). The Balaban J connectivity index is 2.13. The van der Waals surface area contributed by atoms with Crippen molar-refractivity contribution in [3.05, 3.63) is 54.0 Å². The van der Waals surface area contributed by atoms with Crippen molar-refractivity contribution >= 4 is 0 Å². The molecule has 0 atom stereocenters. The number of halogens is 1. The highest BCUT2D eigenvalue weighted by molar-refractivity contribution is 5.33. The highest BCUT2D eigenvalue weighted by atomic mass is 19.1. The van der Waals surface area contributed by atoms with Crippen molar-refractivity contribution in [3.63, 3.8) is 0 Å². The van der Waals surface area contributed by atoms with Gasteiger partial charge in [0.1, 0.15) is 11.6 Å². The first-order valence-electron chi connectivity index (χ1n) is 5.85. The van der Waals surface area contributed by atoms with Gasteiger partial charge in [-0.3, -0.25) is 0 Å². The molecule has 2 aromatic rings. The van der Waals surface area contributed by atoms with E-state index in [-0.39, 0.29) is 11.2 Å². The molecule has 0 saturated heterocycles. The normalized spacial score (nSPS) is 11.3. The lowest BCUT2D eigenvalue weighted by atomic mass is 9.87. The fraction of sp³-hybridized carbons (Fsp3) is 0.267. The van der Waals surface area contributed by atoms with Crippen LogP contribution in [0.2, 0.25) is 0 Å². The molecule has 0 amide bonds. The summed E-state index contributed by atoms with van der Waals surface area (Å²) >= 11 is 0. The van der Waals surface area contributed by atoms with Crippen LogP contribution in [0.15, 0.2) is 42.6 Å². The van der Waals surface area contributed by atoms with Crippen LogP contribution < -0.4 is 4.74 Å². The maximum atomic E-state index is 12.7. The molecule has 0 aliphatic heterocycles. The van der Waals surface area contributed by atoms with Crippen LogP contribution >= 0.6 is 0 Å². The largest absolute Gasteiger partial charge is 0.439 e. The lowest BCUT2D eigenvalue weighted by molar-refractivity contribution is 0.458. The SMILES string of the molecule is CC(C)(C)c1ccc(Oc2ccc(F)cn2)cc1. The van der Waals surface area contributed by atoms with Gasteiger partial charge in [0.15, 0.2) is 0 Å². The van der Waals surface area contributed by atoms with Crippen molar-refractivity contribution < 1.29 is 9.13 Å². The van der Waals surface area contributed by atoms with Crippen LogP contribution in [-0.4, -0.2) is 4.98 Å². The zero-order chi connectivity index (χ0) is 13.2. The van der Waals surface area contributed by atoms with E-state index in [2.05, 4.69) is 25.8 Å². The Labute approximate surface area is 106 Å². The topological polar surface area (TPSA) is 22.1 Å². The number of ether oxygens (including phenoxy) is 1. The van der Waals surface area contributed by atoms with Gasteiger partial charge in [0.2, 0.25) is 5.88 Å². The molecule has 0 aliphatic carbocycles. The maximum absolute atomic E-state index is 12.7. The molecule has 0 spiro atoms. The summed E-state index contributed by atoms with van der Waals surface area (Å²) in [5.41, 5.74) is 1.36. The van der Waals surface area contributed by atoms with Gasteiger partial charge < -0.3 is 4.74 Å². The number of nitrogens with zero attached hydrogens (tertiary/aromatic N) is 1. The lowest BCUT2D eigenvalue weighted by Crippen LogP contribution is -2.10. The minimum Gasteiger partial charge on any atom is -0.439 e. The molecule has 0 saturated carbocycles. The number of rotatable bonds is 2. The summed E-state index contributed by atoms with van der Waals surface area (Å²) in [6.45, 7) is 6.47. The van der Waals surface area contributed by atoms with E-state index in [0.29, 0.717) is 11.6 Å². The van der Waals surface area contributed by atoms with E-state index in [9.17, 15) is 4.39 Å². The molecular formula is C15H16FNO. The van der Waals surface area contributed by atoms with Crippen molar-refractivity contribution in [3.8, 4) is 11.6 Å². The molecule has 0 bridgehead atoms. The summed E-state index contributed by atoms with van der Waals surface area (Å²) in [6, 6.07) is 10.7. The predicted molar refractivity (Wildman–Crippen MR) is 69.4 cm³/mol. The quantitative estimate of drug-likeness (QED) is 0.786. The number of pyridine rings is 1. The fourth-order valence-corrected chi connectivity index (χ4v) is 1.57. The molecule has 94 valence electrons. The Hall–Kier alpha value is -1.90. The average molecular weight is 245 g/mol. The van der Waals surface area contributed by atoms with Crippen LogP contribution in [0.3, 0.4) is 0 Å². The van der Waals surface area contributed by atoms with Gasteiger partial charge in [-0.2, -0.15) is 0 Å². The predicted octanol–water partition coefficient (Wildman–Crippen LogP) is 4.31. The third kappa shape index (κ3) is 3.06. The third-order valence-corrected chi connectivity index (χ3v) is 2.64. The second-order valence-corrected chi connectivity index (χ2v) is 5.19. The standard InChI is InChI=1S/C15H16FNO/c1-15(2,3)11-4-7-13(8-5-11)18-14-9-6-12(16)10-17-14/h4-10H,1-3H3. The highest BCUT2D eigenvalue weighted by Crippen LogP contribution is 2.26. The van der Waals surface area contributed by atoms with E-state index in [1.807, 2.05) is 24.3 Å². The molecule has 1 heterocycles. The van der Waals surface area contributed by atoms with Crippen molar-refractivity contribution in [1.82, 2.24) is 4.98 Å². The lowest BCUT2D eigenvalue weighted by Gasteiger charge is -2.19. The zero-order valence-corrected chi connectivity index (χ0v) is 10.8. The van der Waals surface area contributed by atoms with Gasteiger partial charge in [-0.05, 0) is 29.2 Å². The third-order valence-electron chi connectivity index (χ3n) is 2.64. The van der Waals surface area contributed by atoms with Crippen molar-refractivity contribution in [2.24, 2.45) is 0 Å². The van der Waals surface area contributed by atoms with Crippen molar-refractivity contribution in [2.45, 2.75) is 26.2 Å². The van der Waals surface area contributed by atoms with Crippen LogP contribution in [0.25, 0.3) is 0 Å². The Kier molecular flexibility index (Phi) is 3.32. The zero-order valence-electron chi connectivity index (χ0n) is 10.8. The maximum Gasteiger partial charge on any atom is 0.219 e. The van der Waals surface area contributed by atoms with Gasteiger partial charge in [0.25, 0.3) is 0 Å². The molecule has 0 aliphatic rings. The number of hydrogen-bond acceptors (Lipinski definition) is 2. The number of hydrogen-bond donors (Lipinski definition) is 0. The Bertz CT molecular complexity index is 512. The van der Waals surface area contributed by atoms with Gasteiger partial charge in [0.05, 0.1) is 6.20 Å². The Morgan fingerprint density at radius 1 is 1.00 bits per heavy atom. The van der Waals surface area contributed by atoms with E-state index in [4.69, 9.17) is 4.74 Å². The monoisotopic (exact) mass is 245 g/mol. The molecule has 1 aromatic heterocycles. The van der Waals surface area contributed by atoms with Crippen LogP contribution in [0.5, 0.6) is 11.6 Å². The van der Waals surface area contributed by atoms with E-state index in [1.54, 1.807) is 0 Å². The van der Waals surface area contributed by atoms with Gasteiger partial charge in [-0.25, -0.2) is 9.37 Å². The van der Waals surface area contributed by atoms with Gasteiger partial charge >= 0.3 is 0 Å². The van der Waals surface area contributed by atoms with E-state index in [1.165, 1.54) is 17.7 Å². The summed E-state index contributed by atoms with van der Waals surface area (Å²) in [5.74, 6) is 0.715. The minimum atomic E-state index is -0.370. The smallest absolute Gasteiger partial charge is 0.219 e. The summed E-state index contributed by atoms with van der Waals surface area (Å²) in [5, 5.41) is 0. The molecule has 0 fully saturated rings. The molecule has 18 heavy (non-hydrogen) atoms. The molecule has 2 nitrogen and oxygen atoms in total. The number of benzene rings is 1. The molecule has 3 heteroatoms. The Morgan fingerprint density at radius 3 is 2.17 bits per heavy atom. The van der Waals surface area contributed by atoms with Crippen LogP contribution in [0.1, 0.15) is 26.3 Å². The number of aromatic nitrogens is 1. The van der Waals surface area contributed by atoms with Crippen molar-refractivity contribution in [1.29, 1.82) is 0 Å². The fourth-order valence-electron chi connectivity index (χ4n) is 1.57. The van der Waals surface area contributed by atoms with Crippen LogP contribution in [-0.2, 0) is 5.41 Å². The second kappa shape index (κ2) is 4.77. The van der Waals surface area contributed by atoms with Gasteiger partial charge in [0, 0.05) is 6.07 Å². The van der Waals surface area contributed by atoms with Gasteiger partial charge in [-0.1, -0.05) is 32.9 Å². The summed E-state index contributed by atoms with van der Waals surface area (Å²) in [4.78, 5) is 3.85. The molecule has 0 radical (unpaired) electrons. The Morgan fingerprint density at radius 2 is 1.67 bits per heavy atom. The van der Waals surface area contributed by atoms with Gasteiger partial charge in [-0.15, -0.1) is 0 Å². The van der Waals surface area contributed by atoms with E-state index >= 15 is 0 Å². The summed E-state index contributed by atoms with van der Waals surface area (Å²) in [6.07, 6.45) is 1.14. The van der Waals surface area contributed by atoms with Crippen LogP contribution in [0, 0.1) is 5.82 Å². The van der Waals surface area contributed by atoms with E-state index < -0.39 is 0 Å². The first kappa shape index (κ1) is 12.6. The van der Waals surface area contributed by atoms with Crippen LogP contribution in [0.4, 0.5) is 4.39 Å². The van der Waals surface area contributed by atoms with E-state index in [0.717, 1.165) is 6.20 Å². The molecule has 1 aromatic carbocycles. The van der Waals surface area contributed by atoms with Crippen molar-refractivity contribution in [2.75, 3.05) is 0 Å². The minimum absolute atomic E-state index is 0.118. The average Bonchev–Trinajstić information content (AvgIpc) is 2.32. The highest BCUT2D eigenvalue weighted by Gasteiger charge is 2.13. The molecule has 0 N–H and O–H groups in total. The second-order valence-electron chi connectivity index (χ2n) is 5.19. The molecular weight excluding hydrogens is 229 g/mol. The summed E-state index contributed by atoms with van der Waals surface area (Å²) in [7, 11) is 0.